The van der Waals surface area contributed by atoms with Crippen LogP contribution >= 0.6 is 35.2 Å². The molecule has 30 heteroatoms. The lowest BCUT2D eigenvalue weighted by atomic mass is 9.85. The van der Waals surface area contributed by atoms with E-state index in [0.29, 0.717) is 58.6 Å². The van der Waals surface area contributed by atoms with E-state index < -0.39 is 29.0 Å². The third-order valence-corrected chi connectivity index (χ3v) is 15.6. The van der Waals surface area contributed by atoms with E-state index in [1.165, 1.54) is 23.9 Å². The molecule has 3 amide bonds. The predicted molar refractivity (Wildman–Crippen MR) is 372 cm³/mol. The van der Waals surface area contributed by atoms with Gasteiger partial charge in [0.2, 0.25) is 0 Å². The topological polar surface area (TPSA) is 311 Å². The van der Waals surface area contributed by atoms with Gasteiger partial charge in [-0.2, -0.15) is 39.4 Å². The summed E-state index contributed by atoms with van der Waals surface area (Å²) < 4.78 is 83.2. The van der Waals surface area contributed by atoms with Gasteiger partial charge in [0.05, 0.1) is 98.9 Å². The van der Waals surface area contributed by atoms with Crippen LogP contribution in [0.25, 0.3) is 0 Å². The molecule has 6 aromatic heterocycles. The number of aromatic hydroxyl groups is 3. The number of amides is 3. The minimum absolute atomic E-state index is 0. The summed E-state index contributed by atoms with van der Waals surface area (Å²) in [4.78, 5) is 40.7. The van der Waals surface area contributed by atoms with Crippen LogP contribution in [0.4, 0.5) is 65.1 Å². The number of rotatable bonds is 21. The summed E-state index contributed by atoms with van der Waals surface area (Å²) in [6.07, 6.45) is -1.58. The van der Waals surface area contributed by atoms with Gasteiger partial charge in [-0.15, -0.1) is 0 Å². The second-order valence-corrected chi connectivity index (χ2v) is 24.7. The molecule has 0 spiro atoms. The summed E-state index contributed by atoms with van der Waals surface area (Å²) >= 11 is 2.97. The first kappa shape index (κ1) is 78.0. The number of phenolic OH excluding ortho intramolecular Hbond substituents is 3. The van der Waals surface area contributed by atoms with Crippen LogP contribution in [0.2, 0.25) is 0 Å². The third kappa shape index (κ3) is 19.4. The molecule has 0 aliphatic rings. The Labute approximate surface area is 565 Å². The molecule has 6 heterocycles. The van der Waals surface area contributed by atoms with Crippen molar-refractivity contribution < 1.29 is 56.1 Å². The Morgan fingerprint density at radius 2 is 0.937 bits per heavy atom. The lowest BCUT2D eigenvalue weighted by molar-refractivity contribution is -0.138. The van der Waals surface area contributed by atoms with Crippen molar-refractivity contribution in [1.29, 1.82) is 0 Å². The molecule has 95 heavy (non-hydrogen) atoms. The highest BCUT2D eigenvalue weighted by Gasteiger charge is 2.39. The van der Waals surface area contributed by atoms with Gasteiger partial charge in [0.25, 0.3) is 17.7 Å². The van der Waals surface area contributed by atoms with E-state index in [1.807, 2.05) is 45.0 Å². The van der Waals surface area contributed by atoms with Crippen molar-refractivity contribution in [3.05, 3.63) is 142 Å². The largest absolute Gasteiger partial charge is 0.505 e. The van der Waals surface area contributed by atoms with E-state index in [1.54, 1.807) is 70.9 Å². The van der Waals surface area contributed by atoms with Crippen LogP contribution < -0.4 is 31.9 Å². The Bertz CT molecular complexity index is 3960. The molecular formula is C65H88F3N15O9S3. The fourth-order valence-corrected chi connectivity index (χ4v) is 10.4. The van der Waals surface area contributed by atoms with Crippen molar-refractivity contribution in [2.24, 2.45) is 5.41 Å². The van der Waals surface area contributed by atoms with Crippen molar-refractivity contribution in [2.75, 3.05) is 74.2 Å². The fraction of sp³-hybridized carbons (Fsp3) is 0.400. The highest BCUT2D eigenvalue weighted by atomic mass is 32.1. The number of benzene rings is 3. The van der Waals surface area contributed by atoms with Crippen LogP contribution in [0, 0.1) is 19.3 Å². The summed E-state index contributed by atoms with van der Waals surface area (Å²) in [6, 6.07) is 20.9. The molecule has 9 N–H and O–H groups in total. The Morgan fingerprint density at radius 1 is 0.537 bits per heavy atom. The maximum atomic E-state index is 13.4. The minimum atomic E-state index is -4.82. The number of nitrogens with zero attached hydrogens (tertiary/aromatic N) is 9. The number of aryl methyl sites for hydroxylation is 2. The monoisotopic (exact) mass is 1380 g/mol. The highest BCUT2D eigenvalue weighted by molar-refractivity contribution is 7.00. The zero-order chi connectivity index (χ0) is 67.5. The van der Waals surface area contributed by atoms with Gasteiger partial charge in [-0.05, 0) is 110 Å². The molecule has 9 aromatic rings. The quantitative estimate of drug-likeness (QED) is 0.0302. The smallest absolute Gasteiger partial charge is 0.417 e. The summed E-state index contributed by atoms with van der Waals surface area (Å²) in [5.41, 5.74) is -0.0201. The number of para-hydroxylation sites is 2. The van der Waals surface area contributed by atoms with Gasteiger partial charge < -0.3 is 75.2 Å². The van der Waals surface area contributed by atoms with Crippen molar-refractivity contribution in [2.45, 2.75) is 128 Å². The predicted octanol–water partition coefficient (Wildman–Crippen LogP) is 16.8. The number of carbonyl (C=O) groups excluding carboxylic acids is 3. The Balaban J connectivity index is 0.000000299. The molecular weight excluding hydrogens is 1290 g/mol. The normalized spacial score (nSPS) is 11.9. The van der Waals surface area contributed by atoms with Crippen molar-refractivity contribution in [1.82, 2.24) is 40.9 Å². The van der Waals surface area contributed by atoms with Gasteiger partial charge in [-0.25, -0.2) is 0 Å². The van der Waals surface area contributed by atoms with Crippen LogP contribution in [0.15, 0.2) is 98.4 Å². The van der Waals surface area contributed by atoms with E-state index in [-0.39, 0.29) is 91.8 Å². The maximum Gasteiger partial charge on any atom is 0.417 e. The molecule has 9 rings (SSSR count). The number of alkyl halides is 3. The third-order valence-electron chi connectivity index (χ3n) is 14.1. The van der Waals surface area contributed by atoms with Crippen molar-refractivity contribution in [3.63, 3.8) is 0 Å². The molecule has 0 bridgehead atoms. The first-order valence-corrected chi connectivity index (χ1v) is 31.1. The zero-order valence-corrected chi connectivity index (χ0v) is 55.9. The number of hydrogen-bond donors (Lipinski definition) is 9. The molecule has 516 valence electrons. The van der Waals surface area contributed by atoms with Crippen LogP contribution in [0.1, 0.15) is 179 Å². The number of carbonyl (C=O) groups is 3. The first-order valence-electron chi connectivity index (χ1n) is 28.9. The number of hydrogen-bond acceptors (Lipinski definition) is 24. The second-order valence-electron chi connectivity index (χ2n) is 23.1. The van der Waals surface area contributed by atoms with E-state index in [2.05, 4.69) is 106 Å². The first-order chi connectivity index (χ1) is 43.4. The molecule has 0 saturated carbocycles. The van der Waals surface area contributed by atoms with Crippen LogP contribution in [0.5, 0.6) is 17.2 Å². The standard InChI is InChI=1S/2C21H27N5O3S.C20H22F3N5O3S.3CH4/c1-12-10-11-15(29-12)17(21(2,3)4)23-19-18(24-30-25-19)22-14-9-7-8-13(16(14)27)20(28)26(5)6;1-6-15(17-10-13(11-29-17)12(2)3)22-19-20(25-30-24-19)23-16-9-7-8-14(18(16)27)21(28)26(4)5;1-5-12(14-9-6-10(2)31-14)24-17-18(27-32-26-17)25-13-8-7-11(20(21,22)23)15(16(13)29)19(30)28(3)4;;;/h7-11,17,27H,1-6H3,(H,22,24)(H,23,25);7-12,15,27H,6H2,1-5H3,(H,22,24)(H,23,25);6-9,12,29H,5H2,1-4H3,(H,24,26)(H,25,27);3*1H4/t17-;15-;12-;;;/m011.../s1. The summed E-state index contributed by atoms with van der Waals surface area (Å²) in [7, 11) is 9.15. The summed E-state index contributed by atoms with van der Waals surface area (Å²) in [6.45, 7) is 18.3. The lowest BCUT2D eigenvalue weighted by Gasteiger charge is -2.30. The number of halogens is 3. The number of phenols is 3. The molecule has 3 aromatic carbocycles. The van der Waals surface area contributed by atoms with Gasteiger partial charge in [-0.3, -0.25) is 14.4 Å². The molecule has 3 atom stereocenters. The Hall–Kier alpha value is -9.42. The van der Waals surface area contributed by atoms with E-state index in [0.717, 1.165) is 87.2 Å². The molecule has 24 nitrogen and oxygen atoms in total. The van der Waals surface area contributed by atoms with E-state index in [4.69, 9.17) is 13.3 Å². The van der Waals surface area contributed by atoms with Gasteiger partial charge in [0.1, 0.15) is 28.8 Å². The SMILES string of the molecule is C.C.C.CC[C@@H](Nc1nsnc1Nc1ccc(C(F)(F)F)c(C(=O)N(C)C)c1O)c1ccc(C)o1.CC[C@@H](Nc1nsnc1Nc1cccc(C(=O)N(C)C)c1O)c1cc(C(C)C)co1.Cc1ccc([C@H](Nc2nsnc2Nc2cccc(C(=O)N(C)C)c2O)C(C)(C)C)o1. The van der Waals surface area contributed by atoms with Gasteiger partial charge in [0.15, 0.2) is 52.2 Å². The molecule has 0 aliphatic heterocycles. The number of anilines is 9. The molecule has 0 fully saturated rings. The molecule has 0 aliphatic carbocycles. The second kappa shape index (κ2) is 33.6. The molecule has 0 unspecified atom stereocenters. The fourth-order valence-electron chi connectivity index (χ4n) is 9.00. The van der Waals surface area contributed by atoms with Crippen molar-refractivity contribution >= 4 is 105 Å². The minimum Gasteiger partial charge on any atom is -0.505 e. The lowest BCUT2D eigenvalue weighted by Crippen LogP contribution is -2.25. The van der Waals surface area contributed by atoms with Crippen LogP contribution in [-0.2, 0) is 6.18 Å². The highest BCUT2D eigenvalue weighted by Crippen LogP contribution is 2.43. The summed E-state index contributed by atoms with van der Waals surface area (Å²) in [5, 5.41) is 50.6. The van der Waals surface area contributed by atoms with Gasteiger partial charge in [0, 0.05) is 42.3 Å². The van der Waals surface area contributed by atoms with E-state index in [9.17, 15) is 42.9 Å². The molecule has 0 radical (unpaired) electrons. The molecule has 0 saturated heterocycles. The Kier molecular flexibility index (Phi) is 27.6. The Morgan fingerprint density at radius 3 is 1.31 bits per heavy atom. The van der Waals surface area contributed by atoms with Gasteiger partial charge in [-0.1, -0.05) is 82.9 Å². The van der Waals surface area contributed by atoms with E-state index >= 15 is 0 Å². The number of aromatic nitrogens is 6. The van der Waals surface area contributed by atoms with Crippen molar-refractivity contribution in [3.8, 4) is 17.2 Å². The zero-order valence-electron chi connectivity index (χ0n) is 53.5. The number of furan rings is 3. The maximum absolute atomic E-state index is 13.4. The summed E-state index contributed by atoms with van der Waals surface area (Å²) in [5.74, 6) is 4.22. The van der Waals surface area contributed by atoms with Crippen LogP contribution in [-0.4, -0.2) is 116 Å². The van der Waals surface area contributed by atoms with Crippen LogP contribution in [0.3, 0.4) is 0 Å². The number of nitrogens with one attached hydrogen (secondary N) is 6. The van der Waals surface area contributed by atoms with Gasteiger partial charge >= 0.3 is 6.18 Å². The average molecular weight is 1380 g/mol. The average Bonchev–Trinajstić information content (AvgIpc) is 1.46.